The van der Waals surface area contributed by atoms with E-state index in [0.29, 0.717) is 0 Å². The van der Waals surface area contributed by atoms with Crippen molar-refractivity contribution < 1.29 is 21.8 Å². The SMILES string of the molecule is CNS(=O)(=O)c1ccc(S(=O)(=O)N(C)C)cc1[N+](=O)[O-]. The lowest BCUT2D eigenvalue weighted by atomic mass is 10.3. The smallest absolute Gasteiger partial charge is 0.258 e. The van der Waals surface area contributed by atoms with Gasteiger partial charge in [-0.05, 0) is 19.2 Å². The third-order valence-electron chi connectivity index (χ3n) is 2.46. The normalized spacial score (nSPS) is 12.6. The average molecular weight is 323 g/mol. The highest BCUT2D eigenvalue weighted by Gasteiger charge is 2.28. The van der Waals surface area contributed by atoms with Gasteiger partial charge in [-0.15, -0.1) is 0 Å². The fraction of sp³-hybridized carbons (Fsp3) is 0.333. The summed E-state index contributed by atoms with van der Waals surface area (Å²) in [5, 5.41) is 10.9. The zero-order valence-electron chi connectivity index (χ0n) is 10.9. The monoisotopic (exact) mass is 323 g/mol. The molecule has 0 aromatic heterocycles. The summed E-state index contributed by atoms with van der Waals surface area (Å²) in [6.45, 7) is 0. The Balaban J connectivity index is 3.64. The molecule has 1 N–H and O–H groups in total. The molecule has 0 fully saturated rings. The Kier molecular flexibility index (Phi) is 4.49. The van der Waals surface area contributed by atoms with Crippen LogP contribution in [0.25, 0.3) is 0 Å². The summed E-state index contributed by atoms with van der Waals surface area (Å²) >= 11 is 0. The van der Waals surface area contributed by atoms with E-state index in [0.717, 1.165) is 29.6 Å². The summed E-state index contributed by atoms with van der Waals surface area (Å²) in [6, 6.07) is 2.62. The first-order valence-corrected chi connectivity index (χ1v) is 8.11. The lowest BCUT2D eigenvalue weighted by Gasteiger charge is -2.12. The van der Waals surface area contributed by atoms with Gasteiger partial charge < -0.3 is 0 Å². The molecule has 0 amide bonds. The number of hydrogen-bond donors (Lipinski definition) is 1. The zero-order valence-corrected chi connectivity index (χ0v) is 12.5. The topological polar surface area (TPSA) is 127 Å². The van der Waals surface area contributed by atoms with Crippen molar-refractivity contribution in [1.82, 2.24) is 9.03 Å². The van der Waals surface area contributed by atoms with Gasteiger partial charge in [0.1, 0.15) is 0 Å². The molecule has 0 atom stereocenters. The van der Waals surface area contributed by atoms with E-state index in [4.69, 9.17) is 0 Å². The van der Waals surface area contributed by atoms with Crippen molar-refractivity contribution in [2.75, 3.05) is 21.1 Å². The first-order chi connectivity index (χ1) is 9.04. The van der Waals surface area contributed by atoms with Crippen LogP contribution in [0.3, 0.4) is 0 Å². The number of nitrogens with one attached hydrogen (secondary N) is 1. The fourth-order valence-corrected chi connectivity index (χ4v) is 3.15. The van der Waals surface area contributed by atoms with Crippen LogP contribution in [0.4, 0.5) is 5.69 Å². The van der Waals surface area contributed by atoms with Gasteiger partial charge in [0.05, 0.1) is 9.82 Å². The highest BCUT2D eigenvalue weighted by atomic mass is 32.2. The predicted octanol–water partition coefficient (Wildman–Crippen LogP) is -0.247. The van der Waals surface area contributed by atoms with Crippen molar-refractivity contribution in [3.63, 3.8) is 0 Å². The number of nitro benzene ring substituents is 1. The van der Waals surface area contributed by atoms with E-state index < -0.39 is 35.6 Å². The van der Waals surface area contributed by atoms with Crippen molar-refractivity contribution in [1.29, 1.82) is 0 Å². The maximum Gasteiger partial charge on any atom is 0.290 e. The minimum atomic E-state index is -4.06. The van der Waals surface area contributed by atoms with Gasteiger partial charge in [0.15, 0.2) is 4.90 Å². The van der Waals surface area contributed by atoms with Crippen LogP contribution in [-0.2, 0) is 20.0 Å². The molecule has 0 saturated carbocycles. The van der Waals surface area contributed by atoms with Crippen LogP contribution < -0.4 is 4.72 Å². The number of nitro groups is 1. The Morgan fingerprint density at radius 2 is 1.75 bits per heavy atom. The Morgan fingerprint density at radius 1 is 1.20 bits per heavy atom. The maximum absolute atomic E-state index is 11.9. The highest BCUT2D eigenvalue weighted by Crippen LogP contribution is 2.27. The second-order valence-electron chi connectivity index (χ2n) is 3.88. The minimum Gasteiger partial charge on any atom is -0.258 e. The Bertz CT molecular complexity index is 739. The van der Waals surface area contributed by atoms with Gasteiger partial charge in [0.2, 0.25) is 20.0 Å². The molecule has 0 bridgehead atoms. The molecule has 0 spiro atoms. The first-order valence-electron chi connectivity index (χ1n) is 5.18. The standard InChI is InChI=1S/C9H13N3O6S2/c1-10-19(15,16)9-5-4-7(6-8(9)12(13)14)20(17,18)11(2)3/h4-6,10H,1-3H3. The summed E-state index contributed by atoms with van der Waals surface area (Å²) in [5.74, 6) is 0. The van der Waals surface area contributed by atoms with E-state index >= 15 is 0 Å². The molecule has 112 valence electrons. The van der Waals surface area contributed by atoms with Crippen molar-refractivity contribution in [2.45, 2.75) is 9.79 Å². The second-order valence-corrected chi connectivity index (χ2v) is 7.89. The van der Waals surface area contributed by atoms with E-state index in [1.165, 1.54) is 14.1 Å². The summed E-state index contributed by atoms with van der Waals surface area (Å²) in [6.07, 6.45) is 0. The van der Waals surface area contributed by atoms with Crippen LogP contribution in [0.1, 0.15) is 0 Å². The molecule has 20 heavy (non-hydrogen) atoms. The van der Waals surface area contributed by atoms with Gasteiger partial charge in [0, 0.05) is 20.2 Å². The molecular weight excluding hydrogens is 310 g/mol. The Labute approximate surface area is 116 Å². The van der Waals surface area contributed by atoms with Crippen LogP contribution >= 0.6 is 0 Å². The molecule has 9 nitrogen and oxygen atoms in total. The van der Waals surface area contributed by atoms with E-state index in [9.17, 15) is 26.9 Å². The second kappa shape index (κ2) is 5.44. The summed E-state index contributed by atoms with van der Waals surface area (Å²) < 4.78 is 49.9. The van der Waals surface area contributed by atoms with Crippen molar-refractivity contribution >= 4 is 25.7 Å². The highest BCUT2D eigenvalue weighted by molar-refractivity contribution is 7.90. The number of rotatable bonds is 5. The average Bonchev–Trinajstić information content (AvgIpc) is 2.37. The van der Waals surface area contributed by atoms with E-state index in [-0.39, 0.29) is 4.90 Å². The third-order valence-corrected chi connectivity index (χ3v) is 5.74. The summed E-state index contributed by atoms with van der Waals surface area (Å²) in [5.41, 5.74) is -0.803. The maximum atomic E-state index is 11.9. The molecule has 0 radical (unpaired) electrons. The quantitative estimate of drug-likeness (QED) is 0.588. The lowest BCUT2D eigenvalue weighted by Crippen LogP contribution is -2.23. The molecule has 1 aromatic rings. The molecule has 0 saturated heterocycles. The molecule has 0 heterocycles. The van der Waals surface area contributed by atoms with E-state index in [1.54, 1.807) is 0 Å². The third kappa shape index (κ3) is 2.95. The summed E-state index contributed by atoms with van der Waals surface area (Å²) in [7, 11) is -4.32. The molecule has 0 aliphatic rings. The number of hydrogen-bond acceptors (Lipinski definition) is 6. The molecule has 1 rings (SSSR count). The van der Waals surface area contributed by atoms with E-state index in [2.05, 4.69) is 0 Å². The number of nitrogens with zero attached hydrogens (tertiary/aromatic N) is 2. The Morgan fingerprint density at radius 3 is 2.15 bits per heavy atom. The predicted molar refractivity (Wildman–Crippen MR) is 70.2 cm³/mol. The van der Waals surface area contributed by atoms with Gasteiger partial charge in [-0.1, -0.05) is 0 Å². The molecular formula is C9H13N3O6S2. The van der Waals surface area contributed by atoms with Gasteiger partial charge in [-0.3, -0.25) is 10.1 Å². The van der Waals surface area contributed by atoms with Crippen molar-refractivity contribution in [3.05, 3.63) is 28.3 Å². The Hall–Kier alpha value is -1.56. The molecule has 11 heteroatoms. The summed E-state index contributed by atoms with van der Waals surface area (Å²) in [4.78, 5) is 9.04. The van der Waals surface area contributed by atoms with Crippen molar-refractivity contribution in [2.24, 2.45) is 0 Å². The largest absolute Gasteiger partial charge is 0.290 e. The van der Waals surface area contributed by atoms with Crippen LogP contribution in [0.5, 0.6) is 0 Å². The first kappa shape index (κ1) is 16.5. The van der Waals surface area contributed by atoms with Crippen LogP contribution in [0.2, 0.25) is 0 Å². The number of sulfonamides is 2. The molecule has 0 unspecified atom stereocenters. The van der Waals surface area contributed by atoms with Crippen LogP contribution in [-0.4, -0.2) is 47.2 Å². The van der Waals surface area contributed by atoms with Gasteiger partial charge >= 0.3 is 0 Å². The molecule has 0 aliphatic heterocycles. The minimum absolute atomic E-state index is 0.357. The number of benzene rings is 1. The van der Waals surface area contributed by atoms with Gasteiger partial charge in [0.25, 0.3) is 5.69 Å². The van der Waals surface area contributed by atoms with Crippen molar-refractivity contribution in [3.8, 4) is 0 Å². The fourth-order valence-electron chi connectivity index (χ4n) is 1.35. The molecule has 0 aliphatic carbocycles. The van der Waals surface area contributed by atoms with Gasteiger partial charge in [-0.2, -0.15) is 0 Å². The van der Waals surface area contributed by atoms with E-state index in [1.807, 2.05) is 4.72 Å². The molecule has 1 aromatic carbocycles. The van der Waals surface area contributed by atoms with Crippen LogP contribution in [0, 0.1) is 10.1 Å². The van der Waals surface area contributed by atoms with Crippen LogP contribution in [0.15, 0.2) is 28.0 Å². The lowest BCUT2D eigenvalue weighted by molar-refractivity contribution is -0.388. The zero-order chi connectivity index (χ0) is 15.7. The van der Waals surface area contributed by atoms with Gasteiger partial charge in [-0.25, -0.2) is 25.9 Å².